The Bertz CT molecular complexity index is 685. The van der Waals surface area contributed by atoms with Gasteiger partial charge in [-0.05, 0) is 80.5 Å². The van der Waals surface area contributed by atoms with Crippen LogP contribution in [0, 0.1) is 41.4 Å². The molecule has 4 saturated carbocycles. The number of hydrogen-bond acceptors (Lipinski definition) is 5. The Labute approximate surface area is 171 Å². The first-order valence-corrected chi connectivity index (χ1v) is 11.4. The van der Waals surface area contributed by atoms with Crippen LogP contribution in [0.3, 0.4) is 0 Å². The molecule has 0 heterocycles. The van der Waals surface area contributed by atoms with E-state index in [0.717, 1.165) is 44.4 Å². The second kappa shape index (κ2) is 8.57. The number of carboxylic acids is 1. The number of aliphatic carboxylic acids is 1. The molecule has 160 valence electrons. The normalized spacial score (nSPS) is 38.5. The van der Waals surface area contributed by atoms with Crippen molar-refractivity contribution in [1.29, 1.82) is 0 Å². The lowest BCUT2D eigenvalue weighted by Crippen LogP contribution is -2.45. The molecule has 6 heteroatoms. The molecule has 0 aliphatic heterocycles. The second-order valence-electron chi connectivity index (χ2n) is 9.72. The van der Waals surface area contributed by atoms with E-state index in [9.17, 15) is 19.2 Å². The van der Waals surface area contributed by atoms with Crippen molar-refractivity contribution in [3.63, 3.8) is 0 Å². The zero-order valence-corrected chi connectivity index (χ0v) is 17.0. The Morgan fingerprint density at radius 1 is 0.828 bits per heavy atom. The van der Waals surface area contributed by atoms with Crippen molar-refractivity contribution in [3.8, 4) is 0 Å². The molecule has 4 fully saturated rings. The van der Waals surface area contributed by atoms with Gasteiger partial charge in [0.15, 0.2) is 5.78 Å². The molecule has 4 rings (SSSR count). The van der Waals surface area contributed by atoms with Gasteiger partial charge in [0.2, 0.25) is 0 Å². The van der Waals surface area contributed by atoms with Crippen LogP contribution in [0.4, 0.5) is 0 Å². The molecule has 0 aromatic carbocycles. The molecular formula is C23H32O6. The second-order valence-corrected chi connectivity index (χ2v) is 9.72. The summed E-state index contributed by atoms with van der Waals surface area (Å²) in [5.74, 6) is 2.52. The van der Waals surface area contributed by atoms with E-state index in [1.165, 1.54) is 19.3 Å². The van der Waals surface area contributed by atoms with Crippen LogP contribution in [0.2, 0.25) is 0 Å². The summed E-state index contributed by atoms with van der Waals surface area (Å²) >= 11 is 0. The van der Waals surface area contributed by atoms with Crippen LogP contribution in [-0.4, -0.2) is 35.2 Å². The van der Waals surface area contributed by atoms with Gasteiger partial charge in [0, 0.05) is 18.8 Å². The summed E-state index contributed by atoms with van der Waals surface area (Å²) in [5, 5.41) is 8.63. The van der Waals surface area contributed by atoms with Crippen molar-refractivity contribution in [2.75, 3.05) is 6.61 Å². The van der Waals surface area contributed by atoms with Gasteiger partial charge in [-0.1, -0.05) is 0 Å². The standard InChI is InChI=1S/C23H32O6/c24-14-2-4-15-13(11-14)1-3-17-16(15)5-6-19-18(17)7-8-20(19)21(25)12-29-23(28)10-9-22(26)27/h13,15-20H,1-12H2,(H,26,27). The molecule has 0 bridgehead atoms. The quantitative estimate of drug-likeness (QED) is 0.681. The van der Waals surface area contributed by atoms with E-state index in [-0.39, 0.29) is 31.1 Å². The largest absolute Gasteiger partial charge is 0.481 e. The van der Waals surface area contributed by atoms with Crippen LogP contribution in [0.5, 0.6) is 0 Å². The Kier molecular flexibility index (Phi) is 6.07. The SMILES string of the molecule is O=C(O)CCC(=O)OCC(=O)C1CCC2C1CCC1C3CCC(=O)CC3CCC12. The number of esters is 1. The topological polar surface area (TPSA) is 97.7 Å². The average Bonchev–Trinajstić information content (AvgIpc) is 3.14. The third-order valence-electron chi connectivity index (χ3n) is 8.42. The smallest absolute Gasteiger partial charge is 0.306 e. The maximum absolute atomic E-state index is 12.7. The minimum absolute atomic E-state index is 0.0107. The minimum Gasteiger partial charge on any atom is -0.481 e. The molecular weight excluding hydrogens is 372 g/mol. The summed E-state index contributed by atoms with van der Waals surface area (Å²) in [5.41, 5.74) is 0. The zero-order valence-electron chi connectivity index (χ0n) is 17.0. The molecule has 4 aliphatic carbocycles. The van der Waals surface area contributed by atoms with Crippen LogP contribution in [-0.2, 0) is 23.9 Å². The number of fused-ring (bicyclic) bond motifs is 5. The Hall–Kier alpha value is -1.72. The fraction of sp³-hybridized carbons (Fsp3) is 0.826. The first-order valence-electron chi connectivity index (χ1n) is 11.4. The Morgan fingerprint density at radius 2 is 1.48 bits per heavy atom. The number of ketones is 2. The first-order chi connectivity index (χ1) is 13.9. The first kappa shape index (κ1) is 20.5. The van der Waals surface area contributed by atoms with Gasteiger partial charge >= 0.3 is 11.9 Å². The molecule has 0 saturated heterocycles. The van der Waals surface area contributed by atoms with Gasteiger partial charge in [-0.3, -0.25) is 19.2 Å². The van der Waals surface area contributed by atoms with Gasteiger partial charge in [-0.15, -0.1) is 0 Å². The lowest BCUT2D eigenvalue weighted by Gasteiger charge is -2.52. The van der Waals surface area contributed by atoms with E-state index >= 15 is 0 Å². The van der Waals surface area contributed by atoms with Gasteiger partial charge in [0.1, 0.15) is 12.4 Å². The van der Waals surface area contributed by atoms with Crippen LogP contribution >= 0.6 is 0 Å². The highest BCUT2D eigenvalue weighted by Crippen LogP contribution is 2.58. The van der Waals surface area contributed by atoms with Gasteiger partial charge in [0.25, 0.3) is 0 Å². The summed E-state index contributed by atoms with van der Waals surface area (Å²) < 4.78 is 5.05. The minimum atomic E-state index is -1.04. The van der Waals surface area contributed by atoms with Crippen molar-refractivity contribution >= 4 is 23.5 Å². The van der Waals surface area contributed by atoms with Gasteiger partial charge < -0.3 is 9.84 Å². The third kappa shape index (κ3) is 4.26. The number of hydrogen-bond donors (Lipinski definition) is 1. The van der Waals surface area contributed by atoms with Crippen molar-refractivity contribution in [2.45, 2.75) is 70.6 Å². The molecule has 29 heavy (non-hydrogen) atoms. The van der Waals surface area contributed by atoms with E-state index < -0.39 is 11.9 Å². The van der Waals surface area contributed by atoms with Gasteiger partial charge in [0.05, 0.1) is 12.8 Å². The molecule has 0 radical (unpaired) electrons. The summed E-state index contributed by atoms with van der Waals surface area (Å²) in [6.07, 6.45) is 8.75. The summed E-state index contributed by atoms with van der Waals surface area (Å²) in [6.45, 7) is -0.215. The highest BCUT2D eigenvalue weighted by molar-refractivity contribution is 5.85. The fourth-order valence-electron chi connectivity index (χ4n) is 7.26. The van der Waals surface area contributed by atoms with Gasteiger partial charge in [-0.2, -0.15) is 0 Å². The predicted molar refractivity (Wildman–Crippen MR) is 104 cm³/mol. The number of rotatable bonds is 6. The molecule has 1 N–H and O–H groups in total. The van der Waals surface area contributed by atoms with E-state index in [4.69, 9.17) is 9.84 Å². The van der Waals surface area contributed by atoms with Crippen molar-refractivity contribution in [3.05, 3.63) is 0 Å². The van der Waals surface area contributed by atoms with Gasteiger partial charge in [-0.25, -0.2) is 0 Å². The maximum atomic E-state index is 12.7. The molecule has 0 aromatic rings. The third-order valence-corrected chi connectivity index (χ3v) is 8.42. The van der Waals surface area contributed by atoms with Crippen LogP contribution in [0.1, 0.15) is 70.6 Å². The Morgan fingerprint density at radius 3 is 2.28 bits per heavy atom. The van der Waals surface area contributed by atoms with Crippen molar-refractivity contribution < 1.29 is 29.0 Å². The van der Waals surface area contributed by atoms with E-state index in [1.807, 2.05) is 0 Å². The average molecular weight is 405 g/mol. The predicted octanol–water partition coefficient (Wildman–Crippen LogP) is 3.41. The fourth-order valence-corrected chi connectivity index (χ4v) is 7.26. The number of carbonyl (C=O) groups is 4. The lowest BCUT2D eigenvalue weighted by atomic mass is 9.53. The highest BCUT2D eigenvalue weighted by atomic mass is 16.5. The van der Waals surface area contributed by atoms with E-state index in [1.54, 1.807) is 0 Å². The lowest BCUT2D eigenvalue weighted by molar-refractivity contribution is -0.151. The molecule has 7 atom stereocenters. The molecule has 0 aromatic heterocycles. The Balaban J connectivity index is 1.32. The molecule has 7 unspecified atom stereocenters. The maximum Gasteiger partial charge on any atom is 0.306 e. The van der Waals surface area contributed by atoms with Crippen LogP contribution < -0.4 is 0 Å². The number of Topliss-reactive ketones (excluding diaryl/α,β-unsaturated/α-hetero) is 2. The van der Waals surface area contributed by atoms with Crippen LogP contribution in [0.25, 0.3) is 0 Å². The molecule has 0 spiro atoms. The summed E-state index contributed by atoms with van der Waals surface area (Å²) in [7, 11) is 0. The van der Waals surface area contributed by atoms with Crippen molar-refractivity contribution in [2.24, 2.45) is 41.4 Å². The highest BCUT2D eigenvalue weighted by Gasteiger charge is 2.52. The molecule has 0 amide bonds. The molecule has 4 aliphatic rings. The summed E-state index contributed by atoms with van der Waals surface area (Å²) in [4.78, 5) is 46.8. The number of ether oxygens (including phenoxy) is 1. The monoisotopic (exact) mass is 404 g/mol. The molecule has 6 nitrogen and oxygen atoms in total. The number of carboxylic acid groups (broad SMARTS) is 1. The number of carbonyl (C=O) groups excluding carboxylic acids is 3. The summed E-state index contributed by atoms with van der Waals surface area (Å²) in [6, 6.07) is 0. The van der Waals surface area contributed by atoms with Crippen LogP contribution in [0.15, 0.2) is 0 Å². The zero-order chi connectivity index (χ0) is 20.5. The van der Waals surface area contributed by atoms with Crippen molar-refractivity contribution in [1.82, 2.24) is 0 Å². The van der Waals surface area contributed by atoms with E-state index in [0.29, 0.717) is 35.4 Å². The van der Waals surface area contributed by atoms with E-state index in [2.05, 4.69) is 0 Å².